The largest absolute Gasteiger partial charge is 0.394 e. The molecule has 0 spiro atoms. The van der Waals surface area contributed by atoms with Crippen molar-refractivity contribution in [3.63, 3.8) is 0 Å². The molecule has 1 aromatic heterocycles. The maximum absolute atomic E-state index is 9.83. The topological polar surface area (TPSA) is 81.4 Å². The second-order valence-corrected chi connectivity index (χ2v) is 5.74. The average Bonchev–Trinajstić information content (AvgIpc) is 2.48. The van der Waals surface area contributed by atoms with E-state index in [1.165, 1.54) is 0 Å². The lowest BCUT2D eigenvalue weighted by molar-refractivity contribution is -0.101. The van der Waals surface area contributed by atoms with Gasteiger partial charge >= 0.3 is 0 Å². The first-order chi connectivity index (χ1) is 10.0. The molecule has 21 heavy (non-hydrogen) atoms. The van der Waals surface area contributed by atoms with Gasteiger partial charge in [0.2, 0.25) is 0 Å². The summed E-state index contributed by atoms with van der Waals surface area (Å²) in [6, 6.07) is 5.92. The molecular formula is C15H22N4O2. The highest BCUT2D eigenvalue weighted by Gasteiger charge is 2.40. The summed E-state index contributed by atoms with van der Waals surface area (Å²) in [5, 5.41) is 22.0. The molecule has 0 unspecified atom stereocenters. The van der Waals surface area contributed by atoms with Crippen LogP contribution in [0.3, 0.4) is 0 Å². The number of likely N-dealkylation sites (N-methyl/N-ethyl adjacent to an activating group) is 1. The summed E-state index contributed by atoms with van der Waals surface area (Å²) in [6.07, 6.45) is 0. The third-order valence-electron chi connectivity index (χ3n) is 4.12. The van der Waals surface area contributed by atoms with Gasteiger partial charge in [-0.3, -0.25) is 4.90 Å². The van der Waals surface area contributed by atoms with Gasteiger partial charge < -0.3 is 15.2 Å². The highest BCUT2D eigenvalue weighted by atomic mass is 16.5. The van der Waals surface area contributed by atoms with Crippen molar-refractivity contribution in [1.82, 2.24) is 9.88 Å². The first kappa shape index (κ1) is 15.7. The van der Waals surface area contributed by atoms with Crippen LogP contribution in [0.25, 0.3) is 0 Å². The second kappa shape index (κ2) is 6.39. The maximum Gasteiger partial charge on any atom is 0.143 e. The van der Waals surface area contributed by atoms with Crippen LogP contribution >= 0.6 is 0 Å². The Bertz CT molecular complexity index is 543. The van der Waals surface area contributed by atoms with E-state index >= 15 is 0 Å². The molecule has 1 aromatic rings. The highest BCUT2D eigenvalue weighted by molar-refractivity contribution is 5.42. The van der Waals surface area contributed by atoms with Crippen LogP contribution in [0.2, 0.25) is 0 Å². The van der Waals surface area contributed by atoms with Crippen LogP contribution in [-0.2, 0) is 4.74 Å². The molecule has 0 aromatic carbocycles. The Labute approximate surface area is 125 Å². The summed E-state index contributed by atoms with van der Waals surface area (Å²) >= 11 is 0. The van der Waals surface area contributed by atoms with Gasteiger partial charge in [-0.1, -0.05) is 0 Å². The average molecular weight is 290 g/mol. The molecule has 0 radical (unpaired) electrons. The van der Waals surface area contributed by atoms with E-state index in [-0.39, 0.29) is 12.6 Å². The van der Waals surface area contributed by atoms with Crippen molar-refractivity contribution in [2.75, 3.05) is 38.7 Å². The second-order valence-electron chi connectivity index (χ2n) is 5.74. The number of hydrogen-bond donors (Lipinski definition) is 2. The Morgan fingerprint density at radius 3 is 3.05 bits per heavy atom. The molecule has 2 rings (SSSR count). The minimum Gasteiger partial charge on any atom is -0.394 e. The lowest BCUT2D eigenvalue weighted by Gasteiger charge is -2.47. The Morgan fingerprint density at radius 2 is 2.38 bits per heavy atom. The summed E-state index contributed by atoms with van der Waals surface area (Å²) in [5.74, 6) is 0.644. The van der Waals surface area contributed by atoms with Crippen molar-refractivity contribution in [1.29, 1.82) is 5.26 Å². The number of anilines is 1. The normalized spacial score (nSPS) is 26.3. The van der Waals surface area contributed by atoms with Gasteiger partial charge in [0.05, 0.1) is 25.4 Å². The van der Waals surface area contributed by atoms with Crippen LogP contribution in [0.1, 0.15) is 18.2 Å². The van der Waals surface area contributed by atoms with Crippen molar-refractivity contribution in [3.05, 3.63) is 23.4 Å². The number of aliphatic hydroxyl groups excluding tert-OH is 1. The fraction of sp³-hybridized carbons (Fsp3) is 0.600. The number of nitriles is 1. The smallest absolute Gasteiger partial charge is 0.143 e. The van der Waals surface area contributed by atoms with Gasteiger partial charge in [0, 0.05) is 12.6 Å². The zero-order chi connectivity index (χ0) is 15.5. The fourth-order valence-corrected chi connectivity index (χ4v) is 2.56. The molecule has 0 aliphatic carbocycles. The Kier molecular flexibility index (Phi) is 4.78. The quantitative estimate of drug-likeness (QED) is 0.852. The number of hydrogen-bond acceptors (Lipinski definition) is 6. The molecular weight excluding hydrogens is 268 g/mol. The Morgan fingerprint density at radius 1 is 1.62 bits per heavy atom. The molecule has 2 atom stereocenters. The SMILES string of the molecule is Cc1cc(C#N)nc(NC[C@]2(CO)COC[C@@H](C)N2C)c1. The molecule has 1 saturated heterocycles. The number of rotatable bonds is 4. The molecule has 1 fully saturated rings. The number of pyridine rings is 1. The molecule has 1 aliphatic heterocycles. The van der Waals surface area contributed by atoms with Crippen LogP contribution in [0, 0.1) is 18.3 Å². The minimum absolute atomic E-state index is 0.00222. The molecule has 114 valence electrons. The number of nitrogens with zero attached hydrogens (tertiary/aromatic N) is 3. The third kappa shape index (κ3) is 3.32. The van der Waals surface area contributed by atoms with E-state index in [0.29, 0.717) is 31.3 Å². The summed E-state index contributed by atoms with van der Waals surface area (Å²) in [6.45, 7) is 5.63. The van der Waals surface area contributed by atoms with Gasteiger partial charge in [-0.2, -0.15) is 5.26 Å². The molecule has 6 heteroatoms. The van der Waals surface area contributed by atoms with Gasteiger partial charge in [0.1, 0.15) is 17.6 Å². The van der Waals surface area contributed by atoms with Crippen LogP contribution < -0.4 is 5.32 Å². The van der Waals surface area contributed by atoms with E-state index in [2.05, 4.69) is 22.1 Å². The van der Waals surface area contributed by atoms with Crippen molar-refractivity contribution in [2.24, 2.45) is 0 Å². The fourth-order valence-electron chi connectivity index (χ4n) is 2.56. The van der Waals surface area contributed by atoms with E-state index in [4.69, 9.17) is 10.00 Å². The summed E-state index contributed by atoms with van der Waals surface area (Å²) < 4.78 is 5.60. The van der Waals surface area contributed by atoms with Crippen LogP contribution in [0.5, 0.6) is 0 Å². The predicted molar refractivity (Wildman–Crippen MR) is 80.0 cm³/mol. The summed E-state index contributed by atoms with van der Waals surface area (Å²) in [5.41, 5.74) is 0.886. The molecule has 1 aliphatic rings. The van der Waals surface area contributed by atoms with Gasteiger partial charge in [-0.25, -0.2) is 4.98 Å². The molecule has 2 heterocycles. The van der Waals surface area contributed by atoms with E-state index in [9.17, 15) is 5.11 Å². The van der Waals surface area contributed by atoms with Crippen LogP contribution in [0.15, 0.2) is 12.1 Å². The minimum atomic E-state index is -0.476. The first-order valence-corrected chi connectivity index (χ1v) is 7.05. The lowest BCUT2D eigenvalue weighted by Crippen LogP contribution is -2.64. The third-order valence-corrected chi connectivity index (χ3v) is 4.12. The lowest BCUT2D eigenvalue weighted by atomic mass is 9.96. The molecule has 0 saturated carbocycles. The number of nitrogens with one attached hydrogen (secondary N) is 1. The van der Waals surface area contributed by atoms with E-state index in [1.807, 2.05) is 26.1 Å². The van der Waals surface area contributed by atoms with Crippen LogP contribution in [-0.4, -0.2) is 60.0 Å². The van der Waals surface area contributed by atoms with E-state index < -0.39 is 5.54 Å². The van der Waals surface area contributed by atoms with Gasteiger partial charge in [-0.05, 0) is 38.6 Å². The van der Waals surface area contributed by atoms with Gasteiger partial charge in [-0.15, -0.1) is 0 Å². The monoisotopic (exact) mass is 290 g/mol. The molecule has 0 amide bonds. The Hall–Kier alpha value is -1.68. The molecule has 6 nitrogen and oxygen atoms in total. The number of morpholine rings is 1. The zero-order valence-electron chi connectivity index (χ0n) is 12.8. The van der Waals surface area contributed by atoms with Crippen molar-refractivity contribution < 1.29 is 9.84 Å². The number of aliphatic hydroxyl groups is 1. The van der Waals surface area contributed by atoms with E-state index in [0.717, 1.165) is 5.56 Å². The van der Waals surface area contributed by atoms with Crippen molar-refractivity contribution >= 4 is 5.82 Å². The number of ether oxygens (including phenoxy) is 1. The molecule has 0 bridgehead atoms. The van der Waals surface area contributed by atoms with Crippen molar-refractivity contribution in [3.8, 4) is 6.07 Å². The summed E-state index contributed by atoms with van der Waals surface area (Å²) in [7, 11) is 2.00. The summed E-state index contributed by atoms with van der Waals surface area (Å²) in [4.78, 5) is 6.38. The van der Waals surface area contributed by atoms with Gasteiger partial charge in [0.15, 0.2) is 0 Å². The molecule has 2 N–H and O–H groups in total. The standard InChI is InChI=1S/C15H22N4O2/c1-11-4-13(6-16)18-14(5-11)17-8-15(9-20)10-21-7-12(2)19(15)3/h4-5,12,20H,7-10H2,1-3H3,(H,17,18)/t12-,15+/m1/s1. The zero-order valence-corrected chi connectivity index (χ0v) is 12.8. The van der Waals surface area contributed by atoms with Gasteiger partial charge in [0.25, 0.3) is 0 Å². The van der Waals surface area contributed by atoms with E-state index in [1.54, 1.807) is 6.07 Å². The Balaban J connectivity index is 2.13. The van der Waals surface area contributed by atoms with Crippen molar-refractivity contribution in [2.45, 2.75) is 25.4 Å². The number of aromatic nitrogens is 1. The van der Waals surface area contributed by atoms with Crippen LogP contribution in [0.4, 0.5) is 5.82 Å². The predicted octanol–water partition coefficient (Wildman–Crippen LogP) is 0.755. The highest BCUT2D eigenvalue weighted by Crippen LogP contribution is 2.23. The maximum atomic E-state index is 9.83. The number of aryl methyl sites for hydroxylation is 1. The first-order valence-electron chi connectivity index (χ1n) is 7.05.